The minimum atomic E-state index is -0.335. The van der Waals surface area contributed by atoms with Crippen molar-refractivity contribution in [2.75, 3.05) is 6.79 Å². The molecule has 0 spiro atoms. The number of rotatable bonds is 5. The van der Waals surface area contributed by atoms with E-state index in [1.807, 2.05) is 18.2 Å². The number of allylic oxidation sites excluding steroid dienone is 1. The Balaban J connectivity index is 1.17. The number of fused-ring (bicyclic) bond motifs is 8. The van der Waals surface area contributed by atoms with Gasteiger partial charge in [-0.1, -0.05) is 52.8 Å². The topological polar surface area (TPSA) is 73.9 Å². The number of carbonyl (C=O) groups is 2. The number of carbonyl (C=O) groups excluding carboxylic acids is 2. The van der Waals surface area contributed by atoms with E-state index in [-0.39, 0.29) is 51.8 Å². The van der Waals surface area contributed by atoms with Crippen molar-refractivity contribution < 1.29 is 23.8 Å². The zero-order valence-electron chi connectivity index (χ0n) is 29.4. The molecule has 1 aliphatic heterocycles. The van der Waals surface area contributed by atoms with Crippen LogP contribution in [0.5, 0.6) is 11.5 Å². The van der Waals surface area contributed by atoms with E-state index in [0.717, 1.165) is 55.6 Å². The Bertz CT molecular complexity index is 1430. The Kier molecular flexibility index (Phi) is 7.50. The molecule has 0 unspecified atom stereocenters. The molecule has 5 fully saturated rings. The van der Waals surface area contributed by atoms with Crippen LogP contribution in [0.15, 0.2) is 30.4 Å². The van der Waals surface area contributed by atoms with E-state index in [0.29, 0.717) is 36.1 Å². The van der Waals surface area contributed by atoms with E-state index >= 15 is 0 Å². The molecule has 0 aromatic heterocycles. The van der Waals surface area contributed by atoms with Crippen molar-refractivity contribution in [2.45, 2.75) is 125 Å². The van der Waals surface area contributed by atoms with Crippen LogP contribution < -0.4 is 14.8 Å². The number of hydrogen-bond acceptors (Lipinski definition) is 5. The van der Waals surface area contributed by atoms with E-state index in [4.69, 9.17) is 14.2 Å². The van der Waals surface area contributed by atoms with Gasteiger partial charge in [-0.15, -0.1) is 0 Å². The van der Waals surface area contributed by atoms with Gasteiger partial charge in [0.2, 0.25) is 12.7 Å². The first kappa shape index (κ1) is 32.1. The van der Waals surface area contributed by atoms with Crippen LogP contribution in [0.1, 0.15) is 118 Å². The largest absolute Gasteiger partial charge is 0.462 e. The summed E-state index contributed by atoms with van der Waals surface area (Å²) in [4.78, 5) is 26.5. The molecule has 1 N–H and O–H groups in total. The van der Waals surface area contributed by atoms with E-state index in [1.54, 1.807) is 6.92 Å². The molecule has 1 aromatic rings. The summed E-state index contributed by atoms with van der Waals surface area (Å²) in [6, 6.07) is 5.98. The fourth-order valence-corrected chi connectivity index (χ4v) is 13.3. The van der Waals surface area contributed by atoms with Gasteiger partial charge in [0.15, 0.2) is 11.5 Å². The number of hydrogen-bond donors (Lipinski definition) is 1. The van der Waals surface area contributed by atoms with Crippen molar-refractivity contribution in [1.82, 2.24) is 5.32 Å². The van der Waals surface area contributed by atoms with E-state index in [9.17, 15) is 9.59 Å². The average molecular weight is 632 g/mol. The van der Waals surface area contributed by atoms with Crippen molar-refractivity contribution >= 4 is 11.9 Å². The summed E-state index contributed by atoms with van der Waals surface area (Å²) in [6.45, 7) is 21.7. The molecule has 0 saturated heterocycles. The van der Waals surface area contributed by atoms with Gasteiger partial charge >= 0.3 is 5.97 Å². The second-order valence-corrected chi connectivity index (χ2v) is 17.7. The quantitative estimate of drug-likeness (QED) is 0.260. The van der Waals surface area contributed by atoms with Gasteiger partial charge in [0, 0.05) is 18.9 Å². The van der Waals surface area contributed by atoms with Crippen molar-refractivity contribution in [3.63, 3.8) is 0 Å². The van der Waals surface area contributed by atoms with Gasteiger partial charge in [0.05, 0.1) is 5.41 Å². The smallest absolute Gasteiger partial charge is 0.302 e. The van der Waals surface area contributed by atoms with Crippen LogP contribution in [0.3, 0.4) is 0 Å². The summed E-state index contributed by atoms with van der Waals surface area (Å²) in [5.41, 5.74) is 2.54. The number of esters is 1. The predicted octanol–water partition coefficient (Wildman–Crippen LogP) is 8.62. The Labute approximate surface area is 276 Å². The van der Waals surface area contributed by atoms with Crippen LogP contribution in [0, 0.1) is 56.7 Å². The van der Waals surface area contributed by atoms with Crippen LogP contribution in [0.2, 0.25) is 0 Å². The van der Waals surface area contributed by atoms with Gasteiger partial charge in [0.25, 0.3) is 0 Å². The lowest BCUT2D eigenvalue weighted by atomic mass is 9.32. The molecule has 1 aromatic carbocycles. The lowest BCUT2D eigenvalue weighted by Crippen LogP contribution is -2.67. The predicted molar refractivity (Wildman–Crippen MR) is 179 cm³/mol. The monoisotopic (exact) mass is 631 g/mol. The van der Waals surface area contributed by atoms with E-state index in [2.05, 4.69) is 53.4 Å². The number of benzene rings is 1. The number of amides is 1. The molecule has 1 heterocycles. The van der Waals surface area contributed by atoms with Crippen LogP contribution in [0.25, 0.3) is 0 Å². The van der Waals surface area contributed by atoms with Gasteiger partial charge in [-0.25, -0.2) is 0 Å². The first-order valence-electron chi connectivity index (χ1n) is 18.2. The second kappa shape index (κ2) is 10.8. The maximum absolute atomic E-state index is 14.5. The van der Waals surface area contributed by atoms with Crippen molar-refractivity contribution in [3.8, 4) is 11.5 Å². The molecule has 10 atom stereocenters. The van der Waals surface area contributed by atoms with Crippen LogP contribution in [-0.2, 0) is 20.9 Å². The summed E-state index contributed by atoms with van der Waals surface area (Å²) in [7, 11) is 0. The fraction of sp³-hybridized carbons (Fsp3) is 0.750. The fourth-order valence-electron chi connectivity index (χ4n) is 13.3. The van der Waals surface area contributed by atoms with Crippen molar-refractivity contribution in [3.05, 3.63) is 35.9 Å². The van der Waals surface area contributed by atoms with Gasteiger partial charge < -0.3 is 19.5 Å². The molecule has 7 rings (SSSR count). The lowest BCUT2D eigenvalue weighted by molar-refractivity contribution is -0.248. The first-order valence-corrected chi connectivity index (χ1v) is 18.2. The molecular formula is C40H57NO5. The maximum atomic E-state index is 14.5. The van der Waals surface area contributed by atoms with Gasteiger partial charge in [-0.05, 0) is 135 Å². The summed E-state index contributed by atoms with van der Waals surface area (Å²) in [6.07, 6.45) is 11.0. The highest BCUT2D eigenvalue weighted by atomic mass is 16.7. The molecule has 46 heavy (non-hydrogen) atoms. The Morgan fingerprint density at radius 2 is 1.63 bits per heavy atom. The second-order valence-electron chi connectivity index (χ2n) is 17.7. The Morgan fingerprint density at radius 3 is 2.37 bits per heavy atom. The Morgan fingerprint density at radius 1 is 0.870 bits per heavy atom. The number of ether oxygens (including phenoxy) is 3. The molecule has 5 saturated carbocycles. The summed E-state index contributed by atoms with van der Waals surface area (Å²) < 4.78 is 17.1. The van der Waals surface area contributed by atoms with Crippen molar-refractivity contribution in [1.29, 1.82) is 0 Å². The first-order chi connectivity index (χ1) is 21.7. The molecule has 252 valence electrons. The molecule has 6 nitrogen and oxygen atoms in total. The van der Waals surface area contributed by atoms with Crippen LogP contribution in [-0.4, -0.2) is 24.8 Å². The normalized spacial score (nSPS) is 43.4. The van der Waals surface area contributed by atoms with Gasteiger partial charge in [-0.2, -0.15) is 0 Å². The standard InChI is InChI=1S/C40H57NO5/c1-24(2)27-13-18-40(35(43)41-22-26-9-11-29-30(21-26)45-23-44-29)20-19-38(7)28(34(27)40)10-12-32-37(6)16-15-33(46-25(3)42)36(4,5)31(37)14-17-39(32,38)8/h9,11,21,27-28,31-34H,1,10,12-20,22-23H2,2-8H3,(H,41,43)/t27-,28+,31-,32+,33-,34+,37-,38+,39+,40-/m0/s1. The van der Waals surface area contributed by atoms with Crippen LogP contribution in [0.4, 0.5) is 0 Å². The molecule has 6 heteroatoms. The zero-order valence-corrected chi connectivity index (χ0v) is 29.4. The maximum Gasteiger partial charge on any atom is 0.302 e. The van der Waals surface area contributed by atoms with Crippen molar-refractivity contribution in [2.24, 2.45) is 56.7 Å². The molecular weight excluding hydrogens is 574 g/mol. The molecule has 5 aliphatic carbocycles. The zero-order chi connectivity index (χ0) is 32.9. The highest BCUT2D eigenvalue weighted by Crippen LogP contribution is 2.77. The molecule has 6 aliphatic rings. The molecule has 0 bridgehead atoms. The highest BCUT2D eigenvalue weighted by molar-refractivity contribution is 5.84. The third-order valence-electron chi connectivity index (χ3n) is 15.7. The third kappa shape index (κ3) is 4.39. The summed E-state index contributed by atoms with van der Waals surface area (Å²) >= 11 is 0. The minimum Gasteiger partial charge on any atom is -0.462 e. The average Bonchev–Trinajstić information content (AvgIpc) is 3.63. The van der Waals surface area contributed by atoms with Gasteiger partial charge in [0.1, 0.15) is 6.10 Å². The number of nitrogens with one attached hydrogen (secondary N) is 1. The Hall–Kier alpha value is -2.50. The van der Waals surface area contributed by atoms with Crippen LogP contribution >= 0.6 is 0 Å². The lowest BCUT2D eigenvalue weighted by Gasteiger charge is -2.72. The summed E-state index contributed by atoms with van der Waals surface area (Å²) in [5.74, 6) is 4.04. The summed E-state index contributed by atoms with van der Waals surface area (Å²) in [5, 5.41) is 3.42. The van der Waals surface area contributed by atoms with E-state index < -0.39 is 0 Å². The van der Waals surface area contributed by atoms with Gasteiger partial charge in [-0.3, -0.25) is 9.59 Å². The molecule has 0 radical (unpaired) electrons. The SMILES string of the molecule is C=C(C)[C@@H]1CC[C@]2(C(=O)NCc3ccc4c(c3)OCO4)CC[C@]3(C)[C@H](CC[C@@H]4[C@@]5(C)CC[C@H](OC(C)=O)C(C)(C)[C@@H]5CC[C@]43C)[C@@H]12. The van der Waals surface area contributed by atoms with E-state index in [1.165, 1.54) is 31.3 Å². The third-order valence-corrected chi connectivity index (χ3v) is 15.7. The molecule has 1 amide bonds. The highest BCUT2D eigenvalue weighted by Gasteiger charge is 2.72. The minimum absolute atomic E-state index is 0.000595.